The van der Waals surface area contributed by atoms with Crippen molar-refractivity contribution < 1.29 is 9.18 Å². The lowest BCUT2D eigenvalue weighted by Crippen LogP contribution is -2.47. The molecule has 2 aliphatic rings. The average molecular weight is 352 g/mol. The van der Waals surface area contributed by atoms with Gasteiger partial charge in [-0.25, -0.2) is 15.2 Å². The summed E-state index contributed by atoms with van der Waals surface area (Å²) in [6.45, 7) is 0.377. The van der Waals surface area contributed by atoms with Crippen LogP contribution in [0.5, 0.6) is 0 Å². The van der Waals surface area contributed by atoms with Crippen LogP contribution in [0.1, 0.15) is 24.8 Å². The highest BCUT2D eigenvalue weighted by Gasteiger charge is 2.41. The van der Waals surface area contributed by atoms with Crippen molar-refractivity contribution in [2.24, 2.45) is 10.8 Å². The lowest BCUT2D eigenvalue weighted by Gasteiger charge is -2.41. The third kappa shape index (κ3) is 2.97. The molecule has 1 aliphatic carbocycles. The summed E-state index contributed by atoms with van der Waals surface area (Å²) >= 11 is 6.28. The van der Waals surface area contributed by atoms with Crippen LogP contribution in [0.4, 0.5) is 4.39 Å². The van der Waals surface area contributed by atoms with Crippen LogP contribution in [-0.4, -0.2) is 30.4 Å². The third-order valence-electron chi connectivity index (χ3n) is 4.50. The van der Waals surface area contributed by atoms with Gasteiger partial charge in [0.25, 0.3) is 5.91 Å². The van der Waals surface area contributed by atoms with Crippen LogP contribution in [0.15, 0.2) is 35.0 Å². The lowest BCUT2D eigenvalue weighted by molar-refractivity contribution is -0.117. The molecular formula is C16H19ClFN5O. The predicted octanol–water partition coefficient (Wildman–Crippen LogP) is 1.62. The van der Waals surface area contributed by atoms with Crippen molar-refractivity contribution >= 4 is 23.5 Å². The van der Waals surface area contributed by atoms with Gasteiger partial charge in [-0.05, 0) is 37.5 Å². The summed E-state index contributed by atoms with van der Waals surface area (Å²) in [7, 11) is 1.82. The summed E-state index contributed by atoms with van der Waals surface area (Å²) in [6, 6.07) is 4.36. The molecular weight excluding hydrogens is 333 g/mol. The number of amides is 1. The Labute approximate surface area is 144 Å². The van der Waals surface area contributed by atoms with Crippen LogP contribution in [-0.2, 0) is 10.3 Å². The molecule has 1 aromatic carbocycles. The Bertz CT molecular complexity index is 729. The van der Waals surface area contributed by atoms with Crippen molar-refractivity contribution in [1.82, 2.24) is 15.6 Å². The maximum atomic E-state index is 13.7. The fraction of sp³-hybridized carbons (Fsp3) is 0.375. The number of nitrogens with zero attached hydrogens (tertiary/aromatic N) is 2. The molecule has 0 radical (unpaired) electrons. The SMILES string of the molecule is CN1CC(C(=O)NN)=CNC1=NC1(c2cc(F)ccc2Cl)CCC1. The minimum atomic E-state index is -0.531. The van der Waals surface area contributed by atoms with Gasteiger partial charge < -0.3 is 10.2 Å². The highest BCUT2D eigenvalue weighted by Crippen LogP contribution is 2.47. The van der Waals surface area contributed by atoms with E-state index >= 15 is 0 Å². The van der Waals surface area contributed by atoms with E-state index in [0.717, 1.165) is 19.3 Å². The minimum absolute atomic E-state index is 0.326. The molecule has 0 saturated heterocycles. The second-order valence-corrected chi connectivity index (χ2v) is 6.50. The van der Waals surface area contributed by atoms with Gasteiger partial charge in [-0.15, -0.1) is 0 Å². The van der Waals surface area contributed by atoms with E-state index < -0.39 is 5.54 Å². The number of rotatable bonds is 3. The van der Waals surface area contributed by atoms with Crippen molar-refractivity contribution in [2.75, 3.05) is 13.6 Å². The zero-order chi connectivity index (χ0) is 17.3. The molecule has 4 N–H and O–H groups in total. The number of aliphatic imine (C=N–C) groups is 1. The number of carbonyl (C=O) groups excluding carboxylic acids is 1. The molecule has 0 unspecified atom stereocenters. The largest absolute Gasteiger partial charge is 0.341 e. The van der Waals surface area contributed by atoms with Crippen LogP contribution in [0, 0.1) is 5.82 Å². The Morgan fingerprint density at radius 1 is 1.50 bits per heavy atom. The number of carbonyl (C=O) groups is 1. The fourth-order valence-corrected chi connectivity index (χ4v) is 3.29. The first kappa shape index (κ1) is 16.7. The topological polar surface area (TPSA) is 82.8 Å². The fourth-order valence-electron chi connectivity index (χ4n) is 3.00. The number of halogens is 2. The number of nitrogens with two attached hydrogens (primary N) is 1. The van der Waals surface area contributed by atoms with E-state index in [1.165, 1.54) is 12.1 Å². The Morgan fingerprint density at radius 3 is 2.83 bits per heavy atom. The van der Waals surface area contributed by atoms with E-state index in [9.17, 15) is 9.18 Å². The molecule has 6 nitrogen and oxygen atoms in total. The van der Waals surface area contributed by atoms with Crippen LogP contribution in [0.3, 0.4) is 0 Å². The van der Waals surface area contributed by atoms with Crippen LogP contribution < -0.4 is 16.6 Å². The summed E-state index contributed by atoms with van der Waals surface area (Å²) in [5.74, 6) is 5.10. The molecule has 1 amide bonds. The van der Waals surface area contributed by atoms with Gasteiger partial charge in [0.15, 0.2) is 5.96 Å². The van der Waals surface area contributed by atoms with Gasteiger partial charge in [0, 0.05) is 23.8 Å². The second kappa shape index (κ2) is 6.41. The maximum Gasteiger partial charge on any atom is 0.264 e. The Morgan fingerprint density at radius 2 is 2.25 bits per heavy atom. The first-order chi connectivity index (χ1) is 11.4. The van der Waals surface area contributed by atoms with E-state index in [1.807, 2.05) is 11.9 Å². The number of hydrogen-bond acceptors (Lipinski definition) is 3. The molecule has 0 aromatic heterocycles. The molecule has 1 saturated carbocycles. The van der Waals surface area contributed by atoms with E-state index in [1.54, 1.807) is 12.3 Å². The lowest BCUT2D eigenvalue weighted by atomic mass is 9.72. The number of likely N-dealkylation sites (N-methyl/N-ethyl adjacent to an activating group) is 1. The number of benzene rings is 1. The van der Waals surface area contributed by atoms with E-state index in [2.05, 4.69) is 10.7 Å². The molecule has 128 valence electrons. The number of hydrogen-bond donors (Lipinski definition) is 3. The van der Waals surface area contributed by atoms with E-state index in [4.69, 9.17) is 22.4 Å². The van der Waals surface area contributed by atoms with Crippen molar-refractivity contribution in [3.63, 3.8) is 0 Å². The van der Waals surface area contributed by atoms with Gasteiger partial charge in [-0.1, -0.05) is 11.6 Å². The quantitative estimate of drug-likeness (QED) is 0.439. The second-order valence-electron chi connectivity index (χ2n) is 6.09. The number of guanidine groups is 1. The normalized spacial score (nSPS) is 20.9. The Balaban J connectivity index is 1.93. The van der Waals surface area contributed by atoms with Crippen LogP contribution in [0.2, 0.25) is 5.02 Å². The third-order valence-corrected chi connectivity index (χ3v) is 4.83. The monoisotopic (exact) mass is 351 g/mol. The minimum Gasteiger partial charge on any atom is -0.341 e. The predicted molar refractivity (Wildman–Crippen MR) is 90.6 cm³/mol. The summed E-state index contributed by atoms with van der Waals surface area (Å²) in [5, 5.41) is 3.53. The zero-order valence-corrected chi connectivity index (χ0v) is 14.0. The summed E-state index contributed by atoms with van der Waals surface area (Å²) < 4.78 is 13.7. The van der Waals surface area contributed by atoms with Crippen LogP contribution >= 0.6 is 11.6 Å². The zero-order valence-electron chi connectivity index (χ0n) is 13.3. The van der Waals surface area contributed by atoms with Gasteiger partial charge in [-0.2, -0.15) is 0 Å². The molecule has 0 spiro atoms. The van der Waals surface area contributed by atoms with E-state index in [-0.39, 0.29) is 11.7 Å². The Hall–Kier alpha value is -2.12. The molecule has 1 heterocycles. The maximum absolute atomic E-state index is 13.7. The number of nitrogens with one attached hydrogen (secondary N) is 2. The molecule has 8 heteroatoms. The highest BCUT2D eigenvalue weighted by molar-refractivity contribution is 6.31. The first-order valence-electron chi connectivity index (χ1n) is 7.68. The Kier molecular flexibility index (Phi) is 4.47. The summed E-state index contributed by atoms with van der Waals surface area (Å²) in [5.41, 5.74) is 2.78. The van der Waals surface area contributed by atoms with Crippen molar-refractivity contribution in [2.45, 2.75) is 24.8 Å². The number of hydrazine groups is 1. The molecule has 24 heavy (non-hydrogen) atoms. The van der Waals surface area contributed by atoms with Gasteiger partial charge in [0.2, 0.25) is 0 Å². The standard InChI is InChI=1S/C16H19ClFN5O/c1-23-9-10(14(24)22-19)8-20-15(23)21-16(5-2-6-16)12-7-11(18)3-4-13(12)17/h3-4,7-8H,2,5-6,9,19H2,1H3,(H,20,21)(H,22,24). The molecule has 3 rings (SSSR count). The van der Waals surface area contributed by atoms with Crippen molar-refractivity contribution in [3.05, 3.63) is 46.4 Å². The van der Waals surface area contributed by atoms with Crippen molar-refractivity contribution in [1.29, 1.82) is 0 Å². The highest BCUT2D eigenvalue weighted by atomic mass is 35.5. The van der Waals surface area contributed by atoms with Gasteiger partial charge >= 0.3 is 0 Å². The van der Waals surface area contributed by atoms with Gasteiger partial charge in [0.1, 0.15) is 5.82 Å². The van der Waals surface area contributed by atoms with Crippen molar-refractivity contribution in [3.8, 4) is 0 Å². The smallest absolute Gasteiger partial charge is 0.264 e. The molecule has 1 fully saturated rings. The van der Waals surface area contributed by atoms with E-state index in [0.29, 0.717) is 28.7 Å². The summed E-state index contributed by atoms with van der Waals surface area (Å²) in [4.78, 5) is 18.2. The molecule has 1 aliphatic heterocycles. The molecule has 0 atom stereocenters. The first-order valence-corrected chi connectivity index (χ1v) is 8.06. The van der Waals surface area contributed by atoms with Gasteiger partial charge in [0.05, 0.1) is 17.7 Å². The van der Waals surface area contributed by atoms with Crippen LogP contribution in [0.25, 0.3) is 0 Å². The summed E-state index contributed by atoms with van der Waals surface area (Å²) in [6.07, 6.45) is 4.19. The average Bonchev–Trinajstić information content (AvgIpc) is 2.54. The van der Waals surface area contributed by atoms with Gasteiger partial charge in [-0.3, -0.25) is 10.2 Å². The molecule has 0 bridgehead atoms. The molecule has 1 aromatic rings.